The van der Waals surface area contributed by atoms with Gasteiger partial charge in [0, 0.05) is 28.2 Å². The second-order valence-electron chi connectivity index (χ2n) is 6.16. The van der Waals surface area contributed by atoms with E-state index < -0.39 is 0 Å². The summed E-state index contributed by atoms with van der Waals surface area (Å²) in [6, 6.07) is 8.93. The van der Waals surface area contributed by atoms with Crippen LogP contribution in [0.25, 0.3) is 0 Å². The van der Waals surface area contributed by atoms with Crippen molar-refractivity contribution in [2.45, 2.75) is 43.5 Å². The molecule has 0 aliphatic rings. The summed E-state index contributed by atoms with van der Waals surface area (Å²) in [5, 5.41) is 6.84. The van der Waals surface area contributed by atoms with Crippen LogP contribution in [0, 0.1) is 0 Å². The van der Waals surface area contributed by atoms with Crippen LogP contribution < -0.4 is 5.32 Å². The normalized spacial score (nSPS) is 13.4. The third kappa shape index (κ3) is 4.09. The molecule has 2 aromatic rings. The molecule has 1 N–H and O–H groups in total. The van der Waals surface area contributed by atoms with Crippen molar-refractivity contribution in [3.05, 3.63) is 45.9 Å². The van der Waals surface area contributed by atoms with Gasteiger partial charge in [-0.3, -0.25) is 0 Å². The minimum absolute atomic E-state index is 0.126. The Hall–Kier alpha value is -0.840. The number of thiazole rings is 1. The quantitative estimate of drug-likeness (QED) is 0.811. The van der Waals surface area contributed by atoms with E-state index >= 15 is 0 Å². The highest BCUT2D eigenvalue weighted by molar-refractivity contribution is 7.98. The van der Waals surface area contributed by atoms with E-state index in [9.17, 15) is 0 Å². The molecule has 2 rings (SSSR count). The van der Waals surface area contributed by atoms with E-state index in [1.54, 1.807) is 23.1 Å². The molecule has 0 bridgehead atoms. The zero-order chi connectivity index (χ0) is 15.5. The molecule has 4 heteroatoms. The van der Waals surface area contributed by atoms with Crippen molar-refractivity contribution < 1.29 is 0 Å². The van der Waals surface area contributed by atoms with Gasteiger partial charge in [-0.2, -0.15) is 0 Å². The van der Waals surface area contributed by atoms with Crippen LogP contribution in [0.3, 0.4) is 0 Å². The average Bonchev–Trinajstić information content (AvgIpc) is 2.93. The van der Waals surface area contributed by atoms with E-state index in [4.69, 9.17) is 4.98 Å². The second kappa shape index (κ2) is 6.95. The van der Waals surface area contributed by atoms with Crippen LogP contribution in [0.15, 0.2) is 34.5 Å². The molecule has 0 fully saturated rings. The molecule has 21 heavy (non-hydrogen) atoms. The molecule has 0 aliphatic carbocycles. The van der Waals surface area contributed by atoms with Gasteiger partial charge >= 0.3 is 0 Å². The molecule has 1 aromatic carbocycles. The fraction of sp³-hybridized carbons (Fsp3) is 0.471. The molecule has 0 saturated heterocycles. The molecule has 0 spiro atoms. The van der Waals surface area contributed by atoms with Gasteiger partial charge in [-0.05, 0) is 24.9 Å². The zero-order valence-electron chi connectivity index (χ0n) is 13.4. The van der Waals surface area contributed by atoms with Gasteiger partial charge in [0.05, 0.1) is 10.7 Å². The zero-order valence-corrected chi connectivity index (χ0v) is 15.1. The smallest absolute Gasteiger partial charge is 0.0947 e. The number of likely N-dealkylation sites (N-methyl/N-ethyl adjacent to an activating group) is 1. The summed E-state index contributed by atoms with van der Waals surface area (Å²) >= 11 is 3.57. The van der Waals surface area contributed by atoms with Gasteiger partial charge in [0.2, 0.25) is 0 Å². The van der Waals surface area contributed by atoms with Crippen LogP contribution in [-0.2, 0) is 11.8 Å². The van der Waals surface area contributed by atoms with Gasteiger partial charge in [0.1, 0.15) is 0 Å². The van der Waals surface area contributed by atoms with Crippen molar-refractivity contribution in [2.75, 3.05) is 13.3 Å². The van der Waals surface area contributed by atoms with Crippen LogP contribution in [0.5, 0.6) is 0 Å². The Labute approximate surface area is 136 Å². The van der Waals surface area contributed by atoms with Crippen molar-refractivity contribution in [2.24, 2.45) is 0 Å². The maximum atomic E-state index is 4.82. The lowest BCUT2D eigenvalue weighted by Gasteiger charge is -2.18. The predicted octanol–water partition coefficient (Wildman–Crippen LogP) is 4.67. The maximum Gasteiger partial charge on any atom is 0.0947 e. The molecule has 0 radical (unpaired) electrons. The molecule has 0 amide bonds. The summed E-state index contributed by atoms with van der Waals surface area (Å²) < 4.78 is 0. The fourth-order valence-corrected chi connectivity index (χ4v) is 3.97. The summed E-state index contributed by atoms with van der Waals surface area (Å²) in [6.45, 7) is 6.64. The largest absolute Gasteiger partial charge is 0.313 e. The second-order valence-corrected chi connectivity index (χ2v) is 7.95. The summed E-state index contributed by atoms with van der Waals surface area (Å²) in [5.74, 6) is 0. The molecule has 1 unspecified atom stereocenters. The number of benzene rings is 1. The van der Waals surface area contributed by atoms with Crippen LogP contribution >= 0.6 is 23.1 Å². The summed E-state index contributed by atoms with van der Waals surface area (Å²) in [4.78, 5) is 6.16. The minimum atomic E-state index is 0.126. The average molecular weight is 321 g/mol. The summed E-state index contributed by atoms with van der Waals surface area (Å²) in [6.07, 6.45) is 3.07. The SMILES string of the molecule is CNC(Cc1nc(C(C)(C)C)cs1)c1ccccc1SC. The number of hydrogen-bond donors (Lipinski definition) is 1. The van der Waals surface area contributed by atoms with E-state index in [1.807, 2.05) is 7.05 Å². The van der Waals surface area contributed by atoms with E-state index in [0.29, 0.717) is 6.04 Å². The molecule has 0 aliphatic heterocycles. The molecule has 1 heterocycles. The third-order valence-corrected chi connectivity index (χ3v) is 5.24. The highest BCUT2D eigenvalue weighted by atomic mass is 32.2. The molecule has 1 aromatic heterocycles. The Morgan fingerprint density at radius 2 is 2.00 bits per heavy atom. The highest BCUT2D eigenvalue weighted by Crippen LogP contribution is 2.30. The van der Waals surface area contributed by atoms with Gasteiger partial charge in [-0.25, -0.2) is 4.98 Å². The number of rotatable bonds is 5. The Bertz CT molecular complexity index is 584. The summed E-state index contributed by atoms with van der Waals surface area (Å²) in [5.41, 5.74) is 2.68. The predicted molar refractivity (Wildman–Crippen MR) is 94.5 cm³/mol. The van der Waals surface area contributed by atoms with Gasteiger partial charge < -0.3 is 5.32 Å². The number of hydrogen-bond acceptors (Lipinski definition) is 4. The van der Waals surface area contributed by atoms with Gasteiger partial charge in [-0.1, -0.05) is 39.0 Å². The molecule has 1 atom stereocenters. The van der Waals surface area contributed by atoms with Gasteiger partial charge in [0.15, 0.2) is 0 Å². The molecular formula is C17H24N2S2. The standard InChI is InChI=1S/C17H24N2S2/c1-17(2,3)15-11-21-16(19-15)10-13(18-4)12-8-6-7-9-14(12)20-5/h6-9,11,13,18H,10H2,1-5H3. The number of aromatic nitrogens is 1. The lowest BCUT2D eigenvalue weighted by Crippen LogP contribution is -2.20. The van der Waals surface area contributed by atoms with Crippen LogP contribution in [0.4, 0.5) is 0 Å². The van der Waals surface area contributed by atoms with Crippen molar-refractivity contribution in [1.29, 1.82) is 0 Å². The van der Waals surface area contributed by atoms with Crippen molar-refractivity contribution >= 4 is 23.1 Å². The Morgan fingerprint density at radius 3 is 2.57 bits per heavy atom. The maximum absolute atomic E-state index is 4.82. The lowest BCUT2D eigenvalue weighted by molar-refractivity contribution is 0.557. The Morgan fingerprint density at radius 1 is 1.29 bits per heavy atom. The third-order valence-electron chi connectivity index (χ3n) is 3.56. The first-order valence-electron chi connectivity index (χ1n) is 7.20. The number of thioether (sulfide) groups is 1. The molecule has 0 saturated carbocycles. The number of nitrogens with one attached hydrogen (secondary N) is 1. The lowest BCUT2D eigenvalue weighted by atomic mass is 9.93. The van der Waals surface area contributed by atoms with E-state index in [2.05, 4.69) is 62.0 Å². The van der Waals surface area contributed by atoms with Crippen molar-refractivity contribution in [3.63, 3.8) is 0 Å². The van der Waals surface area contributed by atoms with Crippen LogP contribution in [0.1, 0.15) is 43.1 Å². The molecular weight excluding hydrogens is 296 g/mol. The monoisotopic (exact) mass is 320 g/mol. The van der Waals surface area contributed by atoms with Gasteiger partial charge in [-0.15, -0.1) is 23.1 Å². The first-order valence-corrected chi connectivity index (χ1v) is 9.31. The molecule has 2 nitrogen and oxygen atoms in total. The highest BCUT2D eigenvalue weighted by Gasteiger charge is 2.20. The van der Waals surface area contributed by atoms with E-state index in [-0.39, 0.29) is 5.41 Å². The van der Waals surface area contributed by atoms with Crippen LogP contribution in [0.2, 0.25) is 0 Å². The van der Waals surface area contributed by atoms with E-state index in [0.717, 1.165) is 6.42 Å². The minimum Gasteiger partial charge on any atom is -0.313 e. The fourth-order valence-electron chi connectivity index (χ4n) is 2.25. The Balaban J connectivity index is 2.21. The van der Waals surface area contributed by atoms with Crippen molar-refractivity contribution in [1.82, 2.24) is 10.3 Å². The van der Waals surface area contributed by atoms with Gasteiger partial charge in [0.25, 0.3) is 0 Å². The van der Waals surface area contributed by atoms with E-state index in [1.165, 1.54) is 21.2 Å². The first kappa shape index (κ1) is 16.5. The first-order chi connectivity index (χ1) is 9.95. The Kier molecular flexibility index (Phi) is 5.47. The van der Waals surface area contributed by atoms with Crippen molar-refractivity contribution in [3.8, 4) is 0 Å². The van der Waals surface area contributed by atoms with Crippen LogP contribution in [-0.4, -0.2) is 18.3 Å². The molecule has 114 valence electrons. The topological polar surface area (TPSA) is 24.9 Å². The summed E-state index contributed by atoms with van der Waals surface area (Å²) in [7, 11) is 2.03. The number of nitrogens with zero attached hydrogens (tertiary/aromatic N) is 1.